The van der Waals surface area contributed by atoms with Gasteiger partial charge in [-0.3, -0.25) is 4.79 Å². The zero-order valence-electron chi connectivity index (χ0n) is 13.9. The Balaban J connectivity index is 2.01. The van der Waals surface area contributed by atoms with E-state index in [1.807, 2.05) is 12.1 Å². The summed E-state index contributed by atoms with van der Waals surface area (Å²) in [5.41, 5.74) is 2.52. The van der Waals surface area contributed by atoms with Crippen LogP contribution in [-0.4, -0.2) is 18.5 Å². The van der Waals surface area contributed by atoms with Gasteiger partial charge in [-0.25, -0.2) is 0 Å². The molecule has 0 fully saturated rings. The number of hydrogen-bond acceptors (Lipinski definition) is 2. The molecule has 0 saturated carbocycles. The van der Waals surface area contributed by atoms with E-state index in [1.54, 1.807) is 0 Å². The first kappa shape index (κ1) is 15.9. The lowest BCUT2D eigenvalue weighted by Crippen LogP contribution is -2.46. The summed E-state index contributed by atoms with van der Waals surface area (Å²) < 4.78 is 0. The number of nitrogens with one attached hydrogen (secondary N) is 2. The third-order valence-corrected chi connectivity index (χ3v) is 5.06. The molecule has 1 aromatic rings. The van der Waals surface area contributed by atoms with Crippen LogP contribution in [0.25, 0.3) is 0 Å². The largest absolute Gasteiger partial charge is 0.382 e. The molecule has 0 aromatic heterocycles. The molecule has 1 aliphatic heterocycles. The topological polar surface area (TPSA) is 41.1 Å². The summed E-state index contributed by atoms with van der Waals surface area (Å²) in [7, 11) is 0. The SMILES string of the molecule is CC1Nc2ccccc2CC1C(=O)NCC(C)(C)C(C)C. The predicted molar refractivity (Wildman–Crippen MR) is 88.3 cm³/mol. The van der Waals surface area contributed by atoms with Crippen LogP contribution in [0.5, 0.6) is 0 Å². The van der Waals surface area contributed by atoms with Crippen molar-refractivity contribution in [2.24, 2.45) is 17.3 Å². The van der Waals surface area contributed by atoms with Crippen molar-refractivity contribution in [3.05, 3.63) is 29.8 Å². The van der Waals surface area contributed by atoms with Crippen LogP contribution >= 0.6 is 0 Å². The lowest BCUT2D eigenvalue weighted by atomic mass is 9.80. The van der Waals surface area contributed by atoms with Gasteiger partial charge in [0.15, 0.2) is 0 Å². The molecule has 0 bridgehead atoms. The normalized spacial score (nSPS) is 21.6. The van der Waals surface area contributed by atoms with E-state index in [1.165, 1.54) is 5.56 Å². The second-order valence-corrected chi connectivity index (χ2v) is 7.26. The molecule has 0 radical (unpaired) electrons. The lowest BCUT2D eigenvalue weighted by Gasteiger charge is -2.34. The van der Waals surface area contributed by atoms with Crippen LogP contribution in [0.2, 0.25) is 0 Å². The summed E-state index contributed by atoms with van der Waals surface area (Å²) >= 11 is 0. The Bertz CT molecular complexity index is 508. The zero-order valence-corrected chi connectivity index (χ0v) is 13.9. The fourth-order valence-corrected chi connectivity index (χ4v) is 2.57. The van der Waals surface area contributed by atoms with Gasteiger partial charge in [0, 0.05) is 18.3 Å². The predicted octanol–water partition coefficient (Wildman–Crippen LogP) is 3.46. The third kappa shape index (κ3) is 3.58. The number of para-hydroxylation sites is 1. The van der Waals surface area contributed by atoms with E-state index in [9.17, 15) is 4.79 Å². The van der Waals surface area contributed by atoms with Crippen molar-refractivity contribution in [2.75, 3.05) is 11.9 Å². The Morgan fingerprint density at radius 3 is 2.71 bits per heavy atom. The monoisotopic (exact) mass is 288 g/mol. The first-order valence-corrected chi connectivity index (χ1v) is 7.93. The van der Waals surface area contributed by atoms with Crippen molar-refractivity contribution in [1.29, 1.82) is 0 Å². The van der Waals surface area contributed by atoms with Crippen LogP contribution in [0.15, 0.2) is 24.3 Å². The highest BCUT2D eigenvalue weighted by atomic mass is 16.1. The van der Waals surface area contributed by atoms with Crippen molar-refractivity contribution in [3.8, 4) is 0 Å². The van der Waals surface area contributed by atoms with Crippen LogP contribution in [0.3, 0.4) is 0 Å². The highest BCUT2D eigenvalue weighted by Gasteiger charge is 2.31. The molecule has 0 saturated heterocycles. The third-order valence-electron chi connectivity index (χ3n) is 5.06. The standard InChI is InChI=1S/C18H28N2O/c1-12(2)18(4,5)11-19-17(21)15-10-14-8-6-7-9-16(14)20-13(15)3/h6-9,12-13,15,20H,10-11H2,1-5H3,(H,19,21). The van der Waals surface area contributed by atoms with Gasteiger partial charge >= 0.3 is 0 Å². The van der Waals surface area contributed by atoms with Crippen LogP contribution in [0.1, 0.15) is 40.2 Å². The smallest absolute Gasteiger partial charge is 0.225 e. The number of anilines is 1. The van der Waals surface area contributed by atoms with E-state index in [4.69, 9.17) is 0 Å². The maximum absolute atomic E-state index is 12.5. The van der Waals surface area contributed by atoms with Gasteiger partial charge in [-0.05, 0) is 36.3 Å². The molecule has 1 heterocycles. The summed E-state index contributed by atoms with van der Waals surface area (Å²) in [5, 5.41) is 6.61. The minimum Gasteiger partial charge on any atom is -0.382 e. The van der Waals surface area contributed by atoms with Gasteiger partial charge in [-0.15, -0.1) is 0 Å². The number of carbonyl (C=O) groups is 1. The molecule has 21 heavy (non-hydrogen) atoms. The van der Waals surface area contributed by atoms with E-state index in [-0.39, 0.29) is 23.3 Å². The molecule has 0 aliphatic carbocycles. The van der Waals surface area contributed by atoms with E-state index < -0.39 is 0 Å². The Morgan fingerprint density at radius 2 is 2.05 bits per heavy atom. The minimum absolute atomic E-state index is 0.00265. The molecule has 3 nitrogen and oxygen atoms in total. The molecule has 1 aliphatic rings. The average molecular weight is 288 g/mol. The van der Waals surface area contributed by atoms with Crippen LogP contribution in [0.4, 0.5) is 5.69 Å². The molecule has 3 heteroatoms. The first-order chi connectivity index (χ1) is 9.81. The number of amides is 1. The fraction of sp³-hybridized carbons (Fsp3) is 0.611. The Morgan fingerprint density at radius 1 is 1.38 bits per heavy atom. The molecule has 2 N–H and O–H groups in total. The second-order valence-electron chi connectivity index (χ2n) is 7.26. The van der Waals surface area contributed by atoms with Crippen molar-refractivity contribution < 1.29 is 4.79 Å². The number of carbonyl (C=O) groups excluding carboxylic acids is 1. The maximum atomic E-state index is 12.5. The highest BCUT2D eigenvalue weighted by molar-refractivity contribution is 5.81. The second kappa shape index (κ2) is 6.08. The van der Waals surface area contributed by atoms with E-state index in [2.05, 4.69) is 57.4 Å². The lowest BCUT2D eigenvalue weighted by molar-refractivity contribution is -0.126. The summed E-state index contributed by atoms with van der Waals surface area (Å²) in [6, 6.07) is 8.42. The number of hydrogen-bond donors (Lipinski definition) is 2. The van der Waals surface area contributed by atoms with E-state index in [0.717, 1.165) is 18.7 Å². The van der Waals surface area contributed by atoms with Gasteiger partial charge in [-0.1, -0.05) is 45.9 Å². The molecule has 2 unspecified atom stereocenters. The van der Waals surface area contributed by atoms with Crippen molar-refractivity contribution in [2.45, 2.75) is 47.1 Å². The van der Waals surface area contributed by atoms with Crippen molar-refractivity contribution in [3.63, 3.8) is 0 Å². The molecule has 1 amide bonds. The average Bonchev–Trinajstić information content (AvgIpc) is 2.44. The van der Waals surface area contributed by atoms with Gasteiger partial charge in [0.2, 0.25) is 5.91 Å². The minimum atomic E-state index is 0.00265. The molecular formula is C18H28N2O. The maximum Gasteiger partial charge on any atom is 0.225 e. The number of benzene rings is 1. The summed E-state index contributed by atoms with van der Waals surface area (Å²) in [5.74, 6) is 0.710. The van der Waals surface area contributed by atoms with E-state index in [0.29, 0.717) is 5.92 Å². The Hall–Kier alpha value is -1.51. The summed E-state index contributed by atoms with van der Waals surface area (Å²) in [4.78, 5) is 12.5. The van der Waals surface area contributed by atoms with Gasteiger partial charge in [0.05, 0.1) is 5.92 Å². The Kier molecular flexibility index (Phi) is 4.60. The van der Waals surface area contributed by atoms with Gasteiger partial charge in [0.25, 0.3) is 0 Å². The van der Waals surface area contributed by atoms with Gasteiger partial charge in [-0.2, -0.15) is 0 Å². The quantitative estimate of drug-likeness (QED) is 0.891. The van der Waals surface area contributed by atoms with Gasteiger partial charge < -0.3 is 10.6 Å². The molecule has 2 atom stereocenters. The summed E-state index contributed by atoms with van der Waals surface area (Å²) in [6.45, 7) is 11.6. The number of fused-ring (bicyclic) bond motifs is 1. The van der Waals surface area contributed by atoms with Crippen LogP contribution < -0.4 is 10.6 Å². The van der Waals surface area contributed by atoms with Gasteiger partial charge in [0.1, 0.15) is 0 Å². The molecular weight excluding hydrogens is 260 g/mol. The molecule has 1 aromatic carbocycles. The van der Waals surface area contributed by atoms with Crippen LogP contribution in [-0.2, 0) is 11.2 Å². The zero-order chi connectivity index (χ0) is 15.6. The molecule has 2 rings (SSSR count). The first-order valence-electron chi connectivity index (χ1n) is 7.93. The Labute approximate surface area is 128 Å². The van der Waals surface area contributed by atoms with Crippen molar-refractivity contribution >= 4 is 11.6 Å². The van der Waals surface area contributed by atoms with E-state index >= 15 is 0 Å². The molecule has 0 spiro atoms. The highest BCUT2D eigenvalue weighted by Crippen LogP contribution is 2.29. The summed E-state index contributed by atoms with van der Waals surface area (Å²) in [6.07, 6.45) is 0.818. The fourth-order valence-electron chi connectivity index (χ4n) is 2.57. The molecule has 116 valence electrons. The van der Waals surface area contributed by atoms with Crippen LogP contribution in [0, 0.1) is 17.3 Å². The van der Waals surface area contributed by atoms with Crippen molar-refractivity contribution in [1.82, 2.24) is 5.32 Å². The number of rotatable bonds is 4.